The van der Waals surface area contributed by atoms with Crippen molar-refractivity contribution < 1.29 is 19.1 Å². The molecule has 1 rings (SSSR count). The average molecular weight is 549 g/mol. The lowest BCUT2D eigenvalue weighted by atomic mass is 10.1. The molecule has 1 aromatic carbocycles. The van der Waals surface area contributed by atoms with Crippen molar-refractivity contribution in [3.05, 3.63) is 41.5 Å². The molecular weight excluding hydrogens is 500 g/mol. The number of hydrogen-bond donors (Lipinski definition) is 2. The number of benzene rings is 1. The lowest BCUT2D eigenvalue weighted by Gasteiger charge is -2.12. The maximum atomic E-state index is 12.7. The van der Waals surface area contributed by atoms with Gasteiger partial charge in [-0.25, -0.2) is 0 Å². The molecule has 0 aliphatic rings. The van der Waals surface area contributed by atoms with Crippen LogP contribution in [0.4, 0.5) is 0 Å². The van der Waals surface area contributed by atoms with Gasteiger partial charge in [-0.2, -0.15) is 0 Å². The highest BCUT2D eigenvalue weighted by atomic mass is 35.5. The fourth-order valence-electron chi connectivity index (χ4n) is 4.09. The summed E-state index contributed by atoms with van der Waals surface area (Å²) in [5.74, 6) is 0.809. The van der Waals surface area contributed by atoms with Crippen LogP contribution in [-0.4, -0.2) is 39.1 Å². The number of unbranched alkanes of at least 4 members (excludes halogenated alkanes) is 10. The topological polar surface area (TPSA) is 76.7 Å². The molecule has 0 spiro atoms. The Morgan fingerprint density at radius 1 is 0.763 bits per heavy atom. The molecule has 214 valence electrons. The summed E-state index contributed by atoms with van der Waals surface area (Å²) in [6.07, 6.45) is 17.1. The minimum Gasteiger partial charge on any atom is -0.493 e. The van der Waals surface area contributed by atoms with Gasteiger partial charge in [0.25, 0.3) is 0 Å². The summed E-state index contributed by atoms with van der Waals surface area (Å²) in [5.41, 5.74) is 1.24. The molecule has 7 heteroatoms. The van der Waals surface area contributed by atoms with Gasteiger partial charge in [-0.3, -0.25) is 9.59 Å². The first-order valence-electron chi connectivity index (χ1n) is 14.3. The average Bonchev–Trinajstić information content (AvgIpc) is 2.93. The molecule has 6 nitrogen and oxygen atoms in total. The Morgan fingerprint density at radius 2 is 1.32 bits per heavy atom. The highest BCUT2D eigenvalue weighted by molar-refractivity contribution is 6.49. The van der Waals surface area contributed by atoms with Gasteiger partial charge in [0.05, 0.1) is 25.7 Å². The van der Waals surface area contributed by atoms with Gasteiger partial charge in [-0.15, -0.1) is 0 Å². The summed E-state index contributed by atoms with van der Waals surface area (Å²) < 4.78 is 10.7. The van der Waals surface area contributed by atoms with E-state index in [1.54, 1.807) is 32.4 Å². The number of amides is 2. The highest BCUT2D eigenvalue weighted by Gasteiger charge is 2.13. The molecule has 0 saturated heterocycles. The molecule has 38 heavy (non-hydrogen) atoms. The Balaban J connectivity index is 2.83. The molecule has 0 aliphatic carbocycles. The largest absolute Gasteiger partial charge is 0.493 e. The third-order valence-corrected chi connectivity index (χ3v) is 6.85. The van der Waals surface area contributed by atoms with E-state index in [4.69, 9.17) is 21.1 Å². The summed E-state index contributed by atoms with van der Waals surface area (Å²) in [5, 5.41) is 6.31. The van der Waals surface area contributed by atoms with Crippen LogP contribution in [0.5, 0.6) is 11.5 Å². The minimum atomic E-state index is -0.194. The first kappa shape index (κ1) is 33.6. The number of ether oxygens (including phenoxy) is 2. The summed E-state index contributed by atoms with van der Waals surface area (Å²) in [7, 11) is 3.13. The lowest BCUT2D eigenvalue weighted by molar-refractivity contribution is -0.120. The summed E-state index contributed by atoms with van der Waals surface area (Å²) in [6.45, 7) is 5.67. The van der Waals surface area contributed by atoms with Crippen LogP contribution in [0.2, 0.25) is 0 Å². The van der Waals surface area contributed by atoms with Gasteiger partial charge < -0.3 is 20.1 Å². The second kappa shape index (κ2) is 21.5. The third kappa shape index (κ3) is 14.5. The van der Waals surface area contributed by atoms with E-state index < -0.39 is 0 Å². The smallest absolute Gasteiger partial charge is 0.243 e. The SMILES string of the molecule is CCCCCCCCNC(=O)/C=C/C(CC(=O)NCCCCCCCC)=C(/Cl)c1ccc(OC)c(OC)c1. The molecule has 1 aromatic rings. The molecule has 0 fully saturated rings. The molecule has 0 unspecified atom stereocenters. The molecular formula is C31H49ClN2O4. The van der Waals surface area contributed by atoms with E-state index in [-0.39, 0.29) is 18.2 Å². The van der Waals surface area contributed by atoms with Crippen LogP contribution in [0.1, 0.15) is 103 Å². The zero-order chi connectivity index (χ0) is 28.0. The standard InChI is InChI=1S/C31H49ClN2O4/c1-5-7-9-11-13-15-21-33-29(35)20-18-26(24-30(36)34-22-16-14-12-10-8-6-2)31(32)25-17-19-27(37-3)28(23-25)38-4/h17-20,23H,5-16,21-22,24H2,1-4H3,(H,33,35)(H,34,36)/b20-18+,31-26-. The zero-order valence-electron chi connectivity index (χ0n) is 24.0. The summed E-state index contributed by atoms with van der Waals surface area (Å²) in [4.78, 5) is 25.2. The van der Waals surface area contributed by atoms with Crippen LogP contribution in [0.15, 0.2) is 35.9 Å². The van der Waals surface area contributed by atoms with E-state index in [2.05, 4.69) is 24.5 Å². The number of methoxy groups -OCH3 is 2. The number of nitrogens with one attached hydrogen (secondary N) is 2. The predicted octanol–water partition coefficient (Wildman–Crippen LogP) is 7.55. The van der Waals surface area contributed by atoms with Crippen molar-refractivity contribution in [2.75, 3.05) is 27.3 Å². The Bertz CT molecular complexity index is 883. The second-order valence-electron chi connectivity index (χ2n) is 9.60. The van der Waals surface area contributed by atoms with Crippen molar-refractivity contribution in [3.8, 4) is 11.5 Å². The fraction of sp³-hybridized carbons (Fsp3) is 0.613. The van der Waals surface area contributed by atoms with Crippen molar-refractivity contribution in [3.63, 3.8) is 0 Å². The van der Waals surface area contributed by atoms with Crippen molar-refractivity contribution in [2.45, 2.75) is 97.3 Å². The Morgan fingerprint density at radius 3 is 1.89 bits per heavy atom. The van der Waals surface area contributed by atoms with Crippen molar-refractivity contribution >= 4 is 28.4 Å². The van der Waals surface area contributed by atoms with Gasteiger partial charge in [0, 0.05) is 19.2 Å². The molecule has 0 atom stereocenters. The van der Waals surface area contributed by atoms with E-state index in [0.717, 1.165) is 25.7 Å². The number of carbonyl (C=O) groups is 2. The van der Waals surface area contributed by atoms with Crippen LogP contribution in [0.25, 0.3) is 5.03 Å². The van der Waals surface area contributed by atoms with Crippen LogP contribution in [0, 0.1) is 0 Å². The number of allylic oxidation sites excluding steroid dienone is 1. The molecule has 0 saturated carbocycles. The molecule has 0 heterocycles. The minimum absolute atomic E-state index is 0.0736. The van der Waals surface area contributed by atoms with Gasteiger partial charge in [0.15, 0.2) is 11.5 Å². The monoisotopic (exact) mass is 548 g/mol. The van der Waals surface area contributed by atoms with E-state index in [0.29, 0.717) is 40.8 Å². The van der Waals surface area contributed by atoms with Crippen LogP contribution >= 0.6 is 11.6 Å². The molecule has 0 aromatic heterocycles. The van der Waals surface area contributed by atoms with Crippen molar-refractivity contribution in [2.24, 2.45) is 0 Å². The molecule has 0 radical (unpaired) electrons. The maximum Gasteiger partial charge on any atom is 0.243 e. The second-order valence-corrected chi connectivity index (χ2v) is 9.97. The van der Waals surface area contributed by atoms with E-state index in [1.807, 2.05) is 6.07 Å². The fourth-order valence-corrected chi connectivity index (χ4v) is 4.34. The van der Waals surface area contributed by atoms with Crippen molar-refractivity contribution in [1.29, 1.82) is 0 Å². The van der Waals surface area contributed by atoms with Gasteiger partial charge in [-0.1, -0.05) is 95.7 Å². The summed E-state index contributed by atoms with van der Waals surface area (Å²) in [6, 6.07) is 5.34. The molecule has 0 bridgehead atoms. The Kier molecular flexibility index (Phi) is 19.0. The predicted molar refractivity (Wildman–Crippen MR) is 159 cm³/mol. The summed E-state index contributed by atoms with van der Waals surface area (Å²) >= 11 is 6.76. The number of halogens is 1. The normalized spacial score (nSPS) is 11.8. The van der Waals surface area contributed by atoms with Crippen molar-refractivity contribution in [1.82, 2.24) is 10.6 Å². The van der Waals surface area contributed by atoms with Crippen LogP contribution in [-0.2, 0) is 9.59 Å². The van der Waals surface area contributed by atoms with Crippen LogP contribution in [0.3, 0.4) is 0 Å². The van der Waals surface area contributed by atoms with Gasteiger partial charge >= 0.3 is 0 Å². The molecule has 2 N–H and O–H groups in total. The first-order valence-corrected chi connectivity index (χ1v) is 14.7. The van der Waals surface area contributed by atoms with Gasteiger partial charge in [0.1, 0.15) is 0 Å². The lowest BCUT2D eigenvalue weighted by Crippen LogP contribution is -2.25. The zero-order valence-corrected chi connectivity index (χ0v) is 24.8. The number of rotatable bonds is 21. The number of hydrogen-bond acceptors (Lipinski definition) is 4. The third-order valence-electron chi connectivity index (χ3n) is 6.39. The quantitative estimate of drug-likeness (QED) is 0.0944. The number of carbonyl (C=O) groups excluding carboxylic acids is 2. The van der Waals surface area contributed by atoms with Gasteiger partial charge in [-0.05, 0) is 42.2 Å². The van der Waals surface area contributed by atoms with Crippen LogP contribution < -0.4 is 20.1 Å². The molecule has 0 aliphatic heterocycles. The van der Waals surface area contributed by atoms with E-state index in [9.17, 15) is 9.59 Å². The maximum absolute atomic E-state index is 12.7. The Labute approximate surface area is 235 Å². The first-order chi connectivity index (χ1) is 18.5. The highest BCUT2D eigenvalue weighted by Crippen LogP contribution is 2.34. The van der Waals surface area contributed by atoms with E-state index >= 15 is 0 Å². The Hall–Kier alpha value is -2.47. The molecule has 2 amide bonds. The van der Waals surface area contributed by atoms with Gasteiger partial charge in [0.2, 0.25) is 11.8 Å². The van der Waals surface area contributed by atoms with E-state index in [1.165, 1.54) is 57.4 Å².